The van der Waals surface area contributed by atoms with Crippen molar-refractivity contribution in [3.8, 4) is 29.5 Å². The number of methoxy groups -OCH3 is 2. The summed E-state index contributed by atoms with van der Waals surface area (Å²) in [4.78, 5) is 69.3. The van der Waals surface area contributed by atoms with Gasteiger partial charge in [-0.1, -0.05) is 33.6 Å². The zero-order chi connectivity index (χ0) is 45.0. The lowest BCUT2D eigenvalue weighted by Crippen LogP contribution is -2.60. The molecule has 0 saturated carbocycles. The number of unbranched alkanes of at least 4 members (excludes halogenated alkanes) is 1. The molecule has 0 aliphatic carbocycles. The summed E-state index contributed by atoms with van der Waals surface area (Å²) in [7, 11) is 6.75. The highest BCUT2D eigenvalue weighted by Gasteiger charge is 2.62. The lowest BCUT2D eigenvalue weighted by atomic mass is 9.73. The van der Waals surface area contributed by atoms with E-state index in [1.54, 1.807) is 60.3 Å². The monoisotopic (exact) mass is 851 g/mol. The number of cyclic esters (lactones) is 1. The number of Topliss-reactive ketones (excluding diaryl/α,β-unsaturated/α-hetero) is 2. The number of rotatable bonds is 12. The second kappa shape index (κ2) is 19.8. The van der Waals surface area contributed by atoms with Crippen LogP contribution >= 0.6 is 0 Å². The van der Waals surface area contributed by atoms with Crippen molar-refractivity contribution in [2.24, 2.45) is 23.7 Å². The molecule has 336 valence electrons. The molecule has 16 heteroatoms. The molecule has 16 nitrogen and oxygen atoms in total. The average molecular weight is 852 g/mol. The molecule has 0 bridgehead atoms. The number of carbonyl (C=O) groups excluding carboxylic acids is 4. The third kappa shape index (κ3) is 9.81. The highest BCUT2D eigenvalue weighted by atomic mass is 16.7. The molecule has 0 radical (unpaired) electrons. The van der Waals surface area contributed by atoms with E-state index in [0.717, 1.165) is 11.3 Å². The van der Waals surface area contributed by atoms with E-state index in [4.69, 9.17) is 34.8 Å². The topological polar surface area (TPSA) is 181 Å². The molecule has 0 spiro atoms. The fourth-order valence-electron chi connectivity index (χ4n) is 9.40. The largest absolute Gasteiger partial charge is 0.481 e. The predicted octanol–water partition coefficient (Wildman–Crippen LogP) is 4.55. The number of ether oxygens (including phenoxy) is 6. The number of aliphatic hydroxyl groups excluding tert-OH is 1. The van der Waals surface area contributed by atoms with Gasteiger partial charge >= 0.3 is 12.1 Å². The number of aryl methyl sites for hydroxylation is 1. The first-order valence-corrected chi connectivity index (χ1v) is 21.3. The molecule has 1 unspecified atom stereocenters. The highest BCUT2D eigenvalue weighted by Crippen LogP contribution is 2.43. The Balaban J connectivity index is 1.44. The first-order chi connectivity index (χ1) is 28.9. The van der Waals surface area contributed by atoms with Gasteiger partial charge in [0.2, 0.25) is 11.5 Å². The molecule has 13 atom stereocenters. The van der Waals surface area contributed by atoms with Crippen molar-refractivity contribution in [1.82, 2.24) is 24.3 Å². The van der Waals surface area contributed by atoms with Crippen LogP contribution in [0.3, 0.4) is 0 Å². The Morgan fingerprint density at radius 3 is 2.33 bits per heavy atom. The fourth-order valence-corrected chi connectivity index (χ4v) is 9.40. The molecule has 3 aliphatic rings. The van der Waals surface area contributed by atoms with E-state index in [0.29, 0.717) is 31.7 Å². The minimum atomic E-state index is -1.84. The van der Waals surface area contributed by atoms with E-state index in [2.05, 4.69) is 15.9 Å². The zero-order valence-corrected chi connectivity index (χ0v) is 37.5. The van der Waals surface area contributed by atoms with Crippen molar-refractivity contribution in [1.29, 1.82) is 0 Å². The number of amides is 1. The molecular weight excluding hydrogens is 787 g/mol. The highest BCUT2D eigenvalue weighted by molar-refractivity contribution is 6.00. The van der Waals surface area contributed by atoms with Gasteiger partial charge in [0.25, 0.3) is 0 Å². The van der Waals surface area contributed by atoms with Crippen LogP contribution in [-0.4, -0.2) is 142 Å². The number of hydrogen-bond acceptors (Lipinski definition) is 14. The first-order valence-electron chi connectivity index (χ1n) is 21.3. The van der Waals surface area contributed by atoms with E-state index < -0.39 is 83.4 Å². The minimum Gasteiger partial charge on any atom is -0.481 e. The lowest BCUT2D eigenvalue weighted by Gasteiger charge is -2.47. The maximum atomic E-state index is 14.8. The number of fused-ring (bicyclic) bond motifs is 1. The molecule has 1 N–H and O–H groups in total. The quantitative estimate of drug-likeness (QED) is 0.136. The maximum Gasteiger partial charge on any atom is 0.411 e. The van der Waals surface area contributed by atoms with Gasteiger partial charge < -0.3 is 43.0 Å². The third-order valence-electron chi connectivity index (χ3n) is 13.0. The number of nitrogens with zero attached hydrogens (tertiary/aromatic N) is 5. The molecule has 3 aliphatic heterocycles. The Hall–Kier alpha value is -4.40. The van der Waals surface area contributed by atoms with E-state index in [1.165, 1.54) is 18.9 Å². The minimum absolute atomic E-state index is 0.0739. The first kappa shape index (κ1) is 47.6. The van der Waals surface area contributed by atoms with Crippen molar-refractivity contribution in [2.45, 2.75) is 141 Å². The maximum absolute atomic E-state index is 14.8. The number of hydrogen-bond donors (Lipinski definition) is 1. The Labute approximate surface area is 359 Å². The van der Waals surface area contributed by atoms with Crippen molar-refractivity contribution in [2.75, 3.05) is 34.9 Å². The van der Waals surface area contributed by atoms with Gasteiger partial charge in [-0.15, -0.1) is 6.42 Å². The van der Waals surface area contributed by atoms with Gasteiger partial charge in [-0.25, -0.2) is 14.8 Å². The average Bonchev–Trinajstić information content (AvgIpc) is 3.84. The molecule has 2 aromatic rings. The second-order valence-electron chi connectivity index (χ2n) is 17.4. The molecule has 1 amide bonds. The van der Waals surface area contributed by atoms with Crippen LogP contribution in [0, 0.1) is 36.0 Å². The lowest BCUT2D eigenvalue weighted by molar-refractivity contribution is -0.295. The molecule has 3 fully saturated rings. The predicted molar refractivity (Wildman–Crippen MR) is 224 cm³/mol. The zero-order valence-electron chi connectivity index (χ0n) is 37.5. The summed E-state index contributed by atoms with van der Waals surface area (Å²) in [5, 5.41) is 11.5. The van der Waals surface area contributed by atoms with Crippen molar-refractivity contribution < 1.29 is 52.7 Å². The van der Waals surface area contributed by atoms with Crippen LogP contribution in [0.5, 0.6) is 5.88 Å². The van der Waals surface area contributed by atoms with Crippen molar-refractivity contribution in [3.05, 3.63) is 30.9 Å². The van der Waals surface area contributed by atoms with Crippen LogP contribution in [0.1, 0.15) is 80.6 Å². The van der Waals surface area contributed by atoms with Crippen LogP contribution in [0.2, 0.25) is 0 Å². The van der Waals surface area contributed by atoms with Crippen LogP contribution < -0.4 is 4.74 Å². The molecule has 5 heterocycles. The fraction of sp³-hybridized carbons (Fsp3) is 0.689. The number of carbonyl (C=O) groups is 4. The number of terminal acetylenes is 1. The van der Waals surface area contributed by atoms with Gasteiger partial charge in [-0.3, -0.25) is 19.3 Å². The molecular formula is C45H65N5O11. The van der Waals surface area contributed by atoms with Crippen LogP contribution in [-0.2, 0) is 44.6 Å². The number of imidazole rings is 1. The number of pyridine rings is 1. The Bertz CT molecular complexity index is 1900. The molecule has 2 aromatic heterocycles. The number of ketones is 2. The summed E-state index contributed by atoms with van der Waals surface area (Å²) in [5.41, 5.74) is -1.57. The van der Waals surface area contributed by atoms with E-state index in [9.17, 15) is 24.3 Å². The SMILES string of the molecule is C#C[C@]12OC(=O)N(CCCCn3cnc(-c4ccc(OC)nc4)c3)[C@H]1[C@@H](C)C(=O)[C@H](C)C[C@](C)(OC)[C@H](OC1O[C@H](C)C[C@H](N(C)C)[C@H]1O)[C@@H](C)C(=O)[C@@H](C)C(=O)O[C@@H]2CC. The van der Waals surface area contributed by atoms with Gasteiger partial charge in [-0.2, -0.15) is 0 Å². The van der Waals surface area contributed by atoms with Gasteiger partial charge in [-0.05, 0) is 73.0 Å². The van der Waals surface area contributed by atoms with Crippen molar-refractivity contribution in [3.63, 3.8) is 0 Å². The second-order valence-corrected chi connectivity index (χ2v) is 17.4. The van der Waals surface area contributed by atoms with E-state index in [1.807, 2.05) is 42.7 Å². The summed E-state index contributed by atoms with van der Waals surface area (Å²) < 4.78 is 38.2. The summed E-state index contributed by atoms with van der Waals surface area (Å²) in [6.07, 6.45) is 8.03. The number of esters is 1. The molecule has 61 heavy (non-hydrogen) atoms. The van der Waals surface area contributed by atoms with Crippen molar-refractivity contribution >= 4 is 23.6 Å². The standard InChI is InChI=1S/C45H65N5O11/c1-13-34-45(14-2)39(50(43(55)61-45)20-16-15-19-49-24-32(47-25-49)31-17-18-35(56-11)46-23-31)28(5)36(51)26(3)22-44(8,57-12)40(29(6)37(52)30(7)41(54)59-34)60-42-38(53)33(48(9)10)21-27(4)58-42/h2,17-18,23-30,33-34,38-40,42,53H,13,15-16,19-22H2,1,3-12H3/t26-,27-,28+,29+,30-,33+,34-,38-,39+,40-,42?,44+,45-/m1/s1. The number of aromatic nitrogens is 3. The number of aliphatic hydroxyl groups is 1. The Morgan fingerprint density at radius 2 is 1.72 bits per heavy atom. The summed E-state index contributed by atoms with van der Waals surface area (Å²) >= 11 is 0. The Kier molecular flexibility index (Phi) is 15.4. The Morgan fingerprint density at radius 1 is 1.02 bits per heavy atom. The third-order valence-corrected chi connectivity index (χ3v) is 13.0. The molecule has 3 saturated heterocycles. The van der Waals surface area contributed by atoms with Gasteiger partial charge in [0.05, 0.1) is 43.0 Å². The van der Waals surface area contributed by atoms with Crippen LogP contribution in [0.25, 0.3) is 11.3 Å². The number of likely N-dealkylation sites (N-methyl/N-ethyl adjacent to an activating group) is 1. The van der Waals surface area contributed by atoms with Gasteiger partial charge in [0.15, 0.2) is 18.2 Å². The summed E-state index contributed by atoms with van der Waals surface area (Å²) in [5.74, 6) is -2.35. The summed E-state index contributed by atoms with van der Waals surface area (Å²) in [6, 6.07) is 2.32. The van der Waals surface area contributed by atoms with Gasteiger partial charge in [0.1, 0.15) is 17.8 Å². The van der Waals surface area contributed by atoms with E-state index >= 15 is 0 Å². The van der Waals surface area contributed by atoms with Crippen LogP contribution in [0.15, 0.2) is 30.9 Å². The van der Waals surface area contributed by atoms with Crippen LogP contribution in [0.4, 0.5) is 4.79 Å². The van der Waals surface area contributed by atoms with E-state index in [-0.39, 0.29) is 37.3 Å². The normalized spacial score (nSPS) is 35.3. The molecule has 5 rings (SSSR count). The van der Waals surface area contributed by atoms with Gasteiger partial charge in [0, 0.05) is 68.0 Å². The molecule has 0 aromatic carbocycles. The smallest absolute Gasteiger partial charge is 0.411 e. The summed E-state index contributed by atoms with van der Waals surface area (Å²) in [6.45, 7) is 12.7.